The van der Waals surface area contributed by atoms with Gasteiger partial charge in [-0.1, -0.05) is 20.8 Å². The van der Waals surface area contributed by atoms with Gasteiger partial charge in [0.1, 0.15) is 0 Å². The normalized spacial score (nSPS) is 17.3. The van der Waals surface area contributed by atoms with Crippen LogP contribution in [0.3, 0.4) is 0 Å². The Morgan fingerprint density at radius 3 is 2.35 bits per heavy atom. The minimum atomic E-state index is -3.44. The molecule has 1 aromatic rings. The van der Waals surface area contributed by atoms with E-state index in [9.17, 15) is 8.42 Å². The molecule has 1 aliphatic heterocycles. The molecule has 23 heavy (non-hydrogen) atoms. The van der Waals surface area contributed by atoms with E-state index < -0.39 is 10.0 Å². The Bertz CT molecular complexity index is 589. The maximum absolute atomic E-state index is 12.3. The van der Waals surface area contributed by atoms with Crippen LogP contribution in [0.25, 0.3) is 0 Å². The summed E-state index contributed by atoms with van der Waals surface area (Å²) < 4.78 is 32.7. The average Bonchev–Trinajstić information content (AvgIpc) is 2.47. The van der Waals surface area contributed by atoms with Crippen molar-refractivity contribution in [1.29, 1.82) is 0 Å². The minimum absolute atomic E-state index is 0.108. The van der Waals surface area contributed by atoms with Crippen molar-refractivity contribution in [3.8, 4) is 0 Å². The van der Waals surface area contributed by atoms with E-state index >= 15 is 0 Å². The predicted octanol–water partition coefficient (Wildman–Crippen LogP) is 2.19. The number of sulfonamides is 1. The Kier molecular flexibility index (Phi) is 6.50. The molecule has 7 heteroatoms. The maximum Gasteiger partial charge on any atom is 0.240 e. The highest BCUT2D eigenvalue weighted by Crippen LogP contribution is 2.32. The van der Waals surface area contributed by atoms with Crippen molar-refractivity contribution in [3.63, 3.8) is 0 Å². The van der Waals surface area contributed by atoms with Crippen molar-refractivity contribution < 1.29 is 13.2 Å². The summed E-state index contributed by atoms with van der Waals surface area (Å²) in [5.41, 5.74) is 0. The summed E-state index contributed by atoms with van der Waals surface area (Å²) in [7, 11) is -3.44. The molecule has 0 aromatic heterocycles. The molecule has 130 valence electrons. The minimum Gasteiger partial charge on any atom is -0.379 e. The molecule has 0 atom stereocenters. The van der Waals surface area contributed by atoms with E-state index in [1.165, 1.54) is 0 Å². The van der Waals surface area contributed by atoms with E-state index in [2.05, 4.69) is 30.4 Å². The van der Waals surface area contributed by atoms with E-state index in [1.54, 1.807) is 23.9 Å². The van der Waals surface area contributed by atoms with Crippen LogP contribution in [0.4, 0.5) is 0 Å². The summed E-state index contributed by atoms with van der Waals surface area (Å²) in [6.45, 7) is 10.7. The van der Waals surface area contributed by atoms with Gasteiger partial charge >= 0.3 is 0 Å². The van der Waals surface area contributed by atoms with Crippen molar-refractivity contribution in [2.45, 2.75) is 35.3 Å². The Hall–Kier alpha value is -0.600. The Morgan fingerprint density at radius 1 is 1.17 bits per heavy atom. The topological polar surface area (TPSA) is 58.6 Å². The summed E-state index contributed by atoms with van der Waals surface area (Å²) in [6, 6.07) is 7.08. The number of nitrogens with one attached hydrogen (secondary N) is 1. The highest BCUT2D eigenvalue weighted by atomic mass is 32.2. The second-order valence-corrected chi connectivity index (χ2v) is 10.2. The van der Waals surface area contributed by atoms with Gasteiger partial charge in [0, 0.05) is 35.8 Å². The van der Waals surface area contributed by atoms with Crippen molar-refractivity contribution >= 4 is 21.8 Å². The zero-order valence-electron chi connectivity index (χ0n) is 14.0. The number of rotatable bonds is 6. The number of benzene rings is 1. The van der Waals surface area contributed by atoms with Gasteiger partial charge in [0.15, 0.2) is 0 Å². The second-order valence-electron chi connectivity index (χ2n) is 6.54. The number of ether oxygens (including phenoxy) is 1. The molecule has 1 aromatic carbocycles. The Labute approximate surface area is 143 Å². The standard InChI is InChI=1S/C16H26N2O3S2/c1-16(2,3)22-14-4-6-15(7-5-14)23(19,20)17-8-9-18-10-12-21-13-11-18/h4-7,17H,8-13H2,1-3H3. The number of morpholine rings is 1. The summed E-state index contributed by atoms with van der Waals surface area (Å²) in [4.78, 5) is 3.59. The number of nitrogens with zero attached hydrogens (tertiary/aromatic N) is 1. The van der Waals surface area contributed by atoms with Gasteiger partial charge in [-0.15, -0.1) is 11.8 Å². The average molecular weight is 359 g/mol. The molecule has 1 saturated heterocycles. The Balaban J connectivity index is 1.88. The fourth-order valence-electron chi connectivity index (χ4n) is 2.29. The first-order valence-electron chi connectivity index (χ1n) is 7.85. The lowest BCUT2D eigenvalue weighted by atomic mass is 10.3. The molecule has 0 unspecified atom stereocenters. The first kappa shape index (κ1) is 18.7. The summed E-state index contributed by atoms with van der Waals surface area (Å²) in [6.07, 6.45) is 0. The molecular formula is C16H26N2O3S2. The first-order valence-corrected chi connectivity index (χ1v) is 10.2. The van der Waals surface area contributed by atoms with Gasteiger partial charge in [-0.2, -0.15) is 0 Å². The molecule has 0 saturated carbocycles. The van der Waals surface area contributed by atoms with Gasteiger partial charge in [-0.05, 0) is 24.3 Å². The highest BCUT2D eigenvalue weighted by molar-refractivity contribution is 8.00. The molecule has 1 fully saturated rings. The Morgan fingerprint density at radius 2 is 1.78 bits per heavy atom. The molecule has 0 amide bonds. The molecule has 5 nitrogen and oxygen atoms in total. The zero-order chi connectivity index (χ0) is 16.9. The van der Waals surface area contributed by atoms with Gasteiger partial charge in [0.25, 0.3) is 0 Å². The van der Waals surface area contributed by atoms with Crippen molar-refractivity contribution in [2.24, 2.45) is 0 Å². The van der Waals surface area contributed by atoms with Crippen molar-refractivity contribution in [2.75, 3.05) is 39.4 Å². The summed E-state index contributed by atoms with van der Waals surface area (Å²) in [5, 5.41) is 0. The maximum atomic E-state index is 12.3. The number of hydrogen-bond donors (Lipinski definition) is 1. The highest BCUT2D eigenvalue weighted by Gasteiger charge is 2.17. The van der Waals surface area contributed by atoms with Crippen LogP contribution in [-0.2, 0) is 14.8 Å². The van der Waals surface area contributed by atoms with Gasteiger partial charge in [-0.3, -0.25) is 4.90 Å². The third kappa shape index (κ3) is 6.43. The number of hydrogen-bond acceptors (Lipinski definition) is 5. The van der Waals surface area contributed by atoms with Crippen LogP contribution in [0.15, 0.2) is 34.1 Å². The van der Waals surface area contributed by atoms with Crippen LogP contribution in [0.1, 0.15) is 20.8 Å². The largest absolute Gasteiger partial charge is 0.379 e. The van der Waals surface area contributed by atoms with Gasteiger partial charge in [0.2, 0.25) is 10.0 Å². The molecule has 0 aliphatic carbocycles. The van der Waals surface area contributed by atoms with E-state index in [0.717, 1.165) is 31.2 Å². The SMILES string of the molecule is CC(C)(C)Sc1ccc(S(=O)(=O)NCCN2CCOCC2)cc1. The predicted molar refractivity (Wildman–Crippen MR) is 94.5 cm³/mol. The third-order valence-corrected chi connectivity index (χ3v) is 5.98. The van der Waals surface area contributed by atoms with Crippen molar-refractivity contribution in [3.05, 3.63) is 24.3 Å². The van der Waals surface area contributed by atoms with Crippen LogP contribution in [0, 0.1) is 0 Å². The summed E-state index contributed by atoms with van der Waals surface area (Å²) >= 11 is 1.72. The molecule has 2 rings (SSSR count). The van der Waals surface area contributed by atoms with Gasteiger partial charge in [-0.25, -0.2) is 13.1 Å². The smallest absolute Gasteiger partial charge is 0.240 e. The van der Waals surface area contributed by atoms with Crippen LogP contribution in [-0.4, -0.2) is 57.5 Å². The lowest BCUT2D eigenvalue weighted by Crippen LogP contribution is -2.41. The van der Waals surface area contributed by atoms with Gasteiger partial charge in [0.05, 0.1) is 18.1 Å². The fraction of sp³-hybridized carbons (Fsp3) is 0.625. The van der Waals surface area contributed by atoms with Gasteiger partial charge < -0.3 is 4.74 Å². The second kappa shape index (κ2) is 7.98. The molecule has 0 bridgehead atoms. The fourth-order valence-corrected chi connectivity index (χ4v) is 4.29. The van der Waals surface area contributed by atoms with E-state index in [0.29, 0.717) is 18.0 Å². The van der Waals surface area contributed by atoms with E-state index in [1.807, 2.05) is 12.1 Å². The van der Waals surface area contributed by atoms with Crippen LogP contribution in [0.2, 0.25) is 0 Å². The van der Waals surface area contributed by atoms with Crippen LogP contribution in [0.5, 0.6) is 0 Å². The van der Waals surface area contributed by atoms with Crippen LogP contribution >= 0.6 is 11.8 Å². The molecular weight excluding hydrogens is 332 g/mol. The van der Waals surface area contributed by atoms with E-state index in [4.69, 9.17) is 4.74 Å². The molecule has 0 spiro atoms. The molecule has 1 N–H and O–H groups in total. The first-order chi connectivity index (χ1) is 10.8. The molecule has 1 aliphatic rings. The quantitative estimate of drug-likeness (QED) is 0.790. The van der Waals surface area contributed by atoms with Crippen LogP contribution < -0.4 is 4.72 Å². The lowest BCUT2D eigenvalue weighted by Gasteiger charge is -2.26. The molecule has 0 radical (unpaired) electrons. The third-order valence-electron chi connectivity index (χ3n) is 3.38. The number of thioether (sulfide) groups is 1. The summed E-state index contributed by atoms with van der Waals surface area (Å²) in [5.74, 6) is 0. The zero-order valence-corrected chi connectivity index (χ0v) is 15.7. The monoisotopic (exact) mass is 358 g/mol. The van der Waals surface area contributed by atoms with Crippen molar-refractivity contribution in [1.82, 2.24) is 9.62 Å². The lowest BCUT2D eigenvalue weighted by molar-refractivity contribution is 0.0390. The molecule has 1 heterocycles. The van der Waals surface area contributed by atoms with E-state index in [-0.39, 0.29) is 4.75 Å².